The van der Waals surface area contributed by atoms with Crippen molar-refractivity contribution < 1.29 is 22.3 Å². The van der Waals surface area contributed by atoms with E-state index < -0.39 is 15.8 Å². The minimum absolute atomic E-state index is 0.0336. The Morgan fingerprint density at radius 2 is 1.85 bits per heavy atom. The molecule has 2 aromatic carbocycles. The number of hydrogen-bond donors (Lipinski definition) is 0. The second-order valence-corrected chi connectivity index (χ2v) is 7.34. The summed E-state index contributed by atoms with van der Waals surface area (Å²) in [4.78, 5) is -0.0998. The Bertz CT molecular complexity index is 892. The van der Waals surface area contributed by atoms with E-state index >= 15 is 0 Å². The van der Waals surface area contributed by atoms with Crippen molar-refractivity contribution in [2.75, 3.05) is 27.4 Å². The van der Waals surface area contributed by atoms with Gasteiger partial charge in [0.05, 0.1) is 25.3 Å². The quantitative estimate of drug-likeness (QED) is 0.705. The van der Waals surface area contributed by atoms with Crippen molar-refractivity contribution in [2.45, 2.75) is 11.4 Å². The molecule has 8 heteroatoms. The average Bonchev–Trinajstić information content (AvgIpc) is 2.65. The fraction of sp³-hybridized carbons (Fsp3) is 0.278. The molecule has 26 heavy (non-hydrogen) atoms. The summed E-state index contributed by atoms with van der Waals surface area (Å²) < 4.78 is 50.8. The predicted octanol–water partition coefficient (Wildman–Crippen LogP) is 2.54. The van der Waals surface area contributed by atoms with Gasteiger partial charge in [-0.3, -0.25) is 0 Å². The van der Waals surface area contributed by atoms with Crippen molar-refractivity contribution in [3.8, 4) is 11.8 Å². The number of sulfonamides is 1. The first kappa shape index (κ1) is 19.8. The largest absolute Gasteiger partial charge is 0.495 e. The van der Waals surface area contributed by atoms with Gasteiger partial charge < -0.3 is 9.47 Å². The van der Waals surface area contributed by atoms with Gasteiger partial charge in [-0.25, -0.2) is 12.8 Å². The van der Waals surface area contributed by atoms with Crippen LogP contribution in [0.4, 0.5) is 4.39 Å². The summed E-state index contributed by atoms with van der Waals surface area (Å²) in [7, 11) is -1.14. The van der Waals surface area contributed by atoms with E-state index in [0.29, 0.717) is 5.56 Å². The highest BCUT2D eigenvalue weighted by Gasteiger charge is 2.28. The highest BCUT2D eigenvalue weighted by Crippen LogP contribution is 2.28. The van der Waals surface area contributed by atoms with Crippen LogP contribution in [-0.4, -0.2) is 40.1 Å². The standard InChI is InChI=1S/C18H19FN2O4S/c1-24-10-9-21(13-14-3-6-16(19)7-4-14)26(22,23)18-11-15(12-20)5-8-17(18)25-2/h3-8,11H,9-10,13H2,1-2H3. The molecular weight excluding hydrogens is 359 g/mol. The zero-order valence-corrected chi connectivity index (χ0v) is 15.3. The first-order chi connectivity index (χ1) is 12.4. The first-order valence-electron chi connectivity index (χ1n) is 7.74. The van der Waals surface area contributed by atoms with Crippen LogP contribution >= 0.6 is 0 Å². The molecule has 0 saturated carbocycles. The lowest BCUT2D eigenvalue weighted by atomic mass is 10.2. The van der Waals surface area contributed by atoms with Gasteiger partial charge in [-0.2, -0.15) is 9.57 Å². The predicted molar refractivity (Wildman–Crippen MR) is 93.6 cm³/mol. The smallest absolute Gasteiger partial charge is 0.247 e. The minimum atomic E-state index is -3.97. The zero-order chi connectivity index (χ0) is 19.2. The highest BCUT2D eigenvalue weighted by atomic mass is 32.2. The third kappa shape index (κ3) is 4.58. The summed E-state index contributed by atoms with van der Waals surface area (Å²) in [6.45, 7) is 0.308. The molecule has 0 aliphatic heterocycles. The molecule has 0 N–H and O–H groups in total. The van der Waals surface area contributed by atoms with Crippen molar-refractivity contribution in [3.63, 3.8) is 0 Å². The number of benzene rings is 2. The Morgan fingerprint density at radius 3 is 2.42 bits per heavy atom. The number of ether oxygens (including phenoxy) is 2. The molecule has 138 valence electrons. The Labute approximate surface area is 152 Å². The number of rotatable bonds is 8. The Hall–Kier alpha value is -2.47. The number of methoxy groups -OCH3 is 2. The molecule has 0 saturated heterocycles. The summed E-state index contributed by atoms with van der Waals surface area (Å²) in [5.74, 6) is -0.256. The lowest BCUT2D eigenvalue weighted by Gasteiger charge is -2.23. The second kappa shape index (κ2) is 8.76. The van der Waals surface area contributed by atoms with Gasteiger partial charge in [0.15, 0.2) is 0 Å². The maximum atomic E-state index is 13.2. The van der Waals surface area contributed by atoms with Crippen LogP contribution in [0.25, 0.3) is 0 Å². The van der Waals surface area contributed by atoms with Crippen LogP contribution < -0.4 is 4.74 Å². The molecule has 0 heterocycles. The molecule has 0 bridgehead atoms. The second-order valence-electron chi connectivity index (χ2n) is 5.44. The van der Waals surface area contributed by atoms with E-state index in [0.717, 1.165) is 0 Å². The lowest BCUT2D eigenvalue weighted by molar-refractivity contribution is 0.177. The SMILES string of the molecule is COCCN(Cc1ccc(F)cc1)S(=O)(=O)c1cc(C#N)ccc1OC. The Balaban J connectivity index is 2.45. The summed E-state index contributed by atoms with van der Waals surface area (Å²) in [6.07, 6.45) is 0. The van der Waals surface area contributed by atoms with Crippen molar-refractivity contribution in [2.24, 2.45) is 0 Å². The summed E-state index contributed by atoms with van der Waals surface area (Å²) >= 11 is 0. The first-order valence-corrected chi connectivity index (χ1v) is 9.18. The van der Waals surface area contributed by atoms with E-state index in [4.69, 9.17) is 14.7 Å². The van der Waals surface area contributed by atoms with Gasteiger partial charge in [0, 0.05) is 20.2 Å². The molecule has 0 aromatic heterocycles. The van der Waals surface area contributed by atoms with E-state index in [-0.39, 0.29) is 35.9 Å². The lowest BCUT2D eigenvalue weighted by Crippen LogP contribution is -2.33. The van der Waals surface area contributed by atoms with Crippen LogP contribution in [0.15, 0.2) is 47.4 Å². The summed E-state index contributed by atoms with van der Waals surface area (Å²) in [5, 5.41) is 9.08. The number of hydrogen-bond acceptors (Lipinski definition) is 5. The van der Waals surface area contributed by atoms with Crippen LogP contribution in [0.3, 0.4) is 0 Å². The molecule has 2 rings (SSSR count). The third-order valence-electron chi connectivity index (χ3n) is 3.73. The molecule has 0 aliphatic carbocycles. The van der Waals surface area contributed by atoms with Crippen LogP contribution in [0.1, 0.15) is 11.1 Å². The molecular formula is C18H19FN2O4S. The average molecular weight is 378 g/mol. The minimum Gasteiger partial charge on any atom is -0.495 e. The van der Waals surface area contributed by atoms with Gasteiger partial charge in [0.1, 0.15) is 16.5 Å². The monoisotopic (exact) mass is 378 g/mol. The molecule has 2 aromatic rings. The van der Waals surface area contributed by atoms with Crippen molar-refractivity contribution in [3.05, 3.63) is 59.4 Å². The fourth-order valence-corrected chi connectivity index (χ4v) is 3.95. The maximum absolute atomic E-state index is 13.2. The Kier molecular flexibility index (Phi) is 6.69. The maximum Gasteiger partial charge on any atom is 0.247 e. The number of halogens is 1. The molecule has 0 spiro atoms. The molecule has 6 nitrogen and oxygen atoms in total. The number of nitrogens with zero attached hydrogens (tertiary/aromatic N) is 2. The van der Waals surface area contributed by atoms with Crippen LogP contribution in [0.5, 0.6) is 5.75 Å². The van der Waals surface area contributed by atoms with E-state index in [1.54, 1.807) is 0 Å². The van der Waals surface area contributed by atoms with Gasteiger partial charge in [-0.15, -0.1) is 0 Å². The van der Waals surface area contributed by atoms with Gasteiger partial charge in [-0.1, -0.05) is 12.1 Å². The normalized spacial score (nSPS) is 11.3. The van der Waals surface area contributed by atoms with E-state index in [9.17, 15) is 12.8 Å². The van der Waals surface area contributed by atoms with Crippen LogP contribution in [0, 0.1) is 17.1 Å². The van der Waals surface area contributed by atoms with Gasteiger partial charge >= 0.3 is 0 Å². The van der Waals surface area contributed by atoms with Gasteiger partial charge in [-0.05, 0) is 35.9 Å². The van der Waals surface area contributed by atoms with Crippen molar-refractivity contribution in [1.82, 2.24) is 4.31 Å². The van der Waals surface area contributed by atoms with E-state index in [1.807, 2.05) is 6.07 Å². The third-order valence-corrected chi connectivity index (χ3v) is 5.59. The molecule has 0 amide bonds. The summed E-state index contributed by atoms with van der Waals surface area (Å²) in [5.41, 5.74) is 0.833. The van der Waals surface area contributed by atoms with Crippen molar-refractivity contribution in [1.29, 1.82) is 5.26 Å². The van der Waals surface area contributed by atoms with Crippen LogP contribution in [0.2, 0.25) is 0 Å². The molecule has 0 unspecified atom stereocenters. The number of nitriles is 1. The van der Waals surface area contributed by atoms with Gasteiger partial charge in [0.2, 0.25) is 10.0 Å². The van der Waals surface area contributed by atoms with E-state index in [1.165, 1.54) is 61.0 Å². The zero-order valence-electron chi connectivity index (χ0n) is 14.5. The highest BCUT2D eigenvalue weighted by molar-refractivity contribution is 7.89. The molecule has 0 atom stereocenters. The van der Waals surface area contributed by atoms with Gasteiger partial charge in [0.25, 0.3) is 0 Å². The topological polar surface area (TPSA) is 79.6 Å². The molecule has 0 aliphatic rings. The van der Waals surface area contributed by atoms with Crippen molar-refractivity contribution >= 4 is 10.0 Å². The van der Waals surface area contributed by atoms with E-state index in [2.05, 4.69) is 0 Å². The fourth-order valence-electron chi connectivity index (χ4n) is 2.36. The summed E-state index contributed by atoms with van der Waals surface area (Å²) in [6, 6.07) is 11.7. The molecule has 0 fully saturated rings. The van der Waals surface area contributed by atoms with Crippen LogP contribution in [-0.2, 0) is 21.3 Å². The molecule has 0 radical (unpaired) electrons. The Morgan fingerprint density at radius 1 is 1.15 bits per heavy atom.